The first-order valence-corrected chi connectivity index (χ1v) is 17.4. The molecule has 3 heterocycles. The van der Waals surface area contributed by atoms with Gasteiger partial charge in [-0.25, -0.2) is 0 Å². The fourth-order valence-corrected chi connectivity index (χ4v) is 8.13. The first-order valence-electron chi connectivity index (χ1n) is 17.4. The largest absolute Gasteiger partial charge is 0.456 e. The maximum atomic E-state index is 6.39. The number of rotatable bonds is 4. The predicted molar refractivity (Wildman–Crippen MR) is 213 cm³/mol. The number of para-hydroxylation sites is 3. The lowest BCUT2D eigenvalue weighted by Crippen LogP contribution is -1.94. The molecule has 51 heavy (non-hydrogen) atoms. The van der Waals surface area contributed by atoms with E-state index in [2.05, 4.69) is 179 Å². The number of benzene rings is 8. The van der Waals surface area contributed by atoms with E-state index in [0.29, 0.717) is 0 Å². The summed E-state index contributed by atoms with van der Waals surface area (Å²) in [6.07, 6.45) is 0. The highest BCUT2D eigenvalue weighted by Crippen LogP contribution is 2.40. The summed E-state index contributed by atoms with van der Waals surface area (Å²) in [4.78, 5) is 0. The molecule has 3 nitrogen and oxygen atoms in total. The van der Waals surface area contributed by atoms with Gasteiger partial charge in [0.25, 0.3) is 0 Å². The van der Waals surface area contributed by atoms with Crippen molar-refractivity contribution < 1.29 is 4.42 Å². The van der Waals surface area contributed by atoms with Crippen LogP contribution < -0.4 is 0 Å². The summed E-state index contributed by atoms with van der Waals surface area (Å²) >= 11 is 0. The van der Waals surface area contributed by atoms with Gasteiger partial charge in [0.05, 0.1) is 22.1 Å². The summed E-state index contributed by atoms with van der Waals surface area (Å²) < 4.78 is 11.1. The van der Waals surface area contributed by atoms with Crippen molar-refractivity contribution in [2.75, 3.05) is 0 Å². The maximum absolute atomic E-state index is 6.39. The molecule has 0 aliphatic heterocycles. The van der Waals surface area contributed by atoms with Crippen molar-refractivity contribution in [2.24, 2.45) is 0 Å². The average molecular weight is 651 g/mol. The minimum atomic E-state index is 0.899. The van der Waals surface area contributed by atoms with Crippen LogP contribution in [0.4, 0.5) is 0 Å². The number of furan rings is 1. The topological polar surface area (TPSA) is 23.0 Å². The van der Waals surface area contributed by atoms with Gasteiger partial charge in [0.2, 0.25) is 0 Å². The Balaban J connectivity index is 1.03. The number of nitrogens with zero attached hydrogens (tertiary/aromatic N) is 2. The molecule has 3 heteroatoms. The molecular formula is C48H30N2O. The van der Waals surface area contributed by atoms with E-state index < -0.39 is 0 Å². The van der Waals surface area contributed by atoms with Gasteiger partial charge < -0.3 is 13.6 Å². The van der Waals surface area contributed by atoms with Gasteiger partial charge in [-0.05, 0) is 82.9 Å². The van der Waals surface area contributed by atoms with E-state index in [4.69, 9.17) is 4.42 Å². The predicted octanol–water partition coefficient (Wildman–Crippen LogP) is 13.1. The van der Waals surface area contributed by atoms with Crippen LogP contribution in [0.5, 0.6) is 0 Å². The summed E-state index contributed by atoms with van der Waals surface area (Å²) in [6.45, 7) is 0. The van der Waals surface area contributed by atoms with Gasteiger partial charge in [0, 0.05) is 49.8 Å². The molecule has 0 amide bonds. The van der Waals surface area contributed by atoms with Gasteiger partial charge in [-0.1, -0.05) is 115 Å². The minimum Gasteiger partial charge on any atom is -0.456 e. The fraction of sp³-hybridized carbons (Fsp3) is 0. The van der Waals surface area contributed by atoms with Crippen LogP contribution in [-0.2, 0) is 0 Å². The van der Waals surface area contributed by atoms with Crippen LogP contribution in [0.15, 0.2) is 186 Å². The lowest BCUT2D eigenvalue weighted by atomic mass is 10.0. The second kappa shape index (κ2) is 10.8. The molecule has 0 unspecified atom stereocenters. The Kier molecular flexibility index (Phi) is 5.96. The number of hydrogen-bond acceptors (Lipinski definition) is 1. The lowest BCUT2D eigenvalue weighted by molar-refractivity contribution is 0.669. The second-order valence-electron chi connectivity index (χ2n) is 13.4. The van der Waals surface area contributed by atoms with Crippen molar-refractivity contribution in [3.63, 3.8) is 0 Å². The van der Waals surface area contributed by atoms with E-state index >= 15 is 0 Å². The highest BCUT2D eigenvalue weighted by Gasteiger charge is 2.18. The van der Waals surface area contributed by atoms with Gasteiger partial charge in [0.1, 0.15) is 11.2 Å². The Bertz CT molecular complexity index is 3050. The molecule has 11 aromatic rings. The zero-order chi connectivity index (χ0) is 33.5. The van der Waals surface area contributed by atoms with E-state index in [9.17, 15) is 0 Å². The highest BCUT2D eigenvalue weighted by molar-refractivity contribution is 6.18. The Morgan fingerprint density at radius 3 is 1.43 bits per heavy atom. The van der Waals surface area contributed by atoms with Crippen molar-refractivity contribution in [3.05, 3.63) is 182 Å². The Morgan fingerprint density at radius 2 is 0.765 bits per heavy atom. The lowest BCUT2D eigenvalue weighted by Gasteiger charge is -2.11. The van der Waals surface area contributed by atoms with Gasteiger partial charge in [-0.2, -0.15) is 0 Å². The minimum absolute atomic E-state index is 0.899. The van der Waals surface area contributed by atoms with E-state index in [1.54, 1.807) is 0 Å². The van der Waals surface area contributed by atoms with Crippen molar-refractivity contribution in [1.29, 1.82) is 0 Å². The van der Waals surface area contributed by atoms with Crippen molar-refractivity contribution in [3.8, 4) is 33.6 Å². The number of fused-ring (bicyclic) bond motifs is 9. The SMILES string of the molecule is c1ccc(-c2ccc3c(c2)c2cc4c(cc2n3-c2ccc(-c3ccc(-n5c6ccccc6c6ccccc65)cc3)cc2)oc2ccccc24)cc1. The van der Waals surface area contributed by atoms with Crippen molar-refractivity contribution >= 4 is 65.6 Å². The van der Waals surface area contributed by atoms with Crippen LogP contribution in [0.1, 0.15) is 0 Å². The van der Waals surface area contributed by atoms with Crippen molar-refractivity contribution in [2.45, 2.75) is 0 Å². The zero-order valence-electron chi connectivity index (χ0n) is 27.6. The zero-order valence-corrected chi connectivity index (χ0v) is 27.6. The molecule has 0 aliphatic carbocycles. The van der Waals surface area contributed by atoms with Gasteiger partial charge >= 0.3 is 0 Å². The van der Waals surface area contributed by atoms with Crippen molar-refractivity contribution in [1.82, 2.24) is 9.13 Å². The number of aromatic nitrogens is 2. The van der Waals surface area contributed by atoms with E-state index in [-0.39, 0.29) is 0 Å². The first kappa shape index (κ1) is 28.0. The molecule has 0 saturated carbocycles. The van der Waals surface area contributed by atoms with E-state index in [1.807, 2.05) is 12.1 Å². The standard InChI is InChI=1S/C48H30N2O/c1-2-10-31(11-3-1)34-22-27-45-40(28-34)41-29-42-39-14-6-9-17-47(39)51-48(42)30-46(41)50(45)36-25-20-33(21-26-36)32-18-23-35(24-19-32)49-43-15-7-4-12-37(43)38-13-5-8-16-44(38)49/h1-30H. The molecule has 3 aromatic heterocycles. The smallest absolute Gasteiger partial charge is 0.137 e. The fourth-order valence-electron chi connectivity index (χ4n) is 8.13. The maximum Gasteiger partial charge on any atom is 0.137 e. The number of hydrogen-bond donors (Lipinski definition) is 0. The summed E-state index contributed by atoms with van der Waals surface area (Å²) in [5, 5.41) is 7.27. The molecule has 0 atom stereocenters. The Labute approximate surface area is 293 Å². The van der Waals surface area contributed by atoms with Crippen LogP contribution in [0.25, 0.3) is 99.2 Å². The molecule has 8 aromatic carbocycles. The molecular weight excluding hydrogens is 621 g/mol. The average Bonchev–Trinajstić information content (AvgIpc) is 3.84. The van der Waals surface area contributed by atoms with Crippen LogP contribution >= 0.6 is 0 Å². The summed E-state index contributed by atoms with van der Waals surface area (Å²) in [5.41, 5.74) is 13.6. The quantitative estimate of drug-likeness (QED) is 0.186. The molecule has 11 rings (SSSR count). The third-order valence-corrected chi connectivity index (χ3v) is 10.5. The summed E-state index contributed by atoms with van der Waals surface area (Å²) in [5.74, 6) is 0. The van der Waals surface area contributed by atoms with Crippen LogP contribution in [0, 0.1) is 0 Å². The summed E-state index contributed by atoms with van der Waals surface area (Å²) in [7, 11) is 0. The van der Waals surface area contributed by atoms with Gasteiger partial charge in [-0.3, -0.25) is 0 Å². The second-order valence-corrected chi connectivity index (χ2v) is 13.4. The molecule has 0 N–H and O–H groups in total. The van der Waals surface area contributed by atoms with Crippen LogP contribution in [0.2, 0.25) is 0 Å². The van der Waals surface area contributed by atoms with Crippen LogP contribution in [0.3, 0.4) is 0 Å². The molecule has 0 spiro atoms. The first-order chi connectivity index (χ1) is 25.3. The normalized spacial score (nSPS) is 11.9. The van der Waals surface area contributed by atoms with Gasteiger partial charge in [0.15, 0.2) is 0 Å². The van der Waals surface area contributed by atoms with E-state index in [0.717, 1.165) is 38.8 Å². The third kappa shape index (κ3) is 4.25. The van der Waals surface area contributed by atoms with Crippen LogP contribution in [-0.4, -0.2) is 9.13 Å². The Morgan fingerprint density at radius 1 is 0.275 bits per heavy atom. The molecule has 0 bridgehead atoms. The highest BCUT2D eigenvalue weighted by atomic mass is 16.3. The molecule has 0 aliphatic rings. The van der Waals surface area contributed by atoms with Gasteiger partial charge in [-0.15, -0.1) is 0 Å². The molecule has 238 valence electrons. The third-order valence-electron chi connectivity index (χ3n) is 10.5. The Hall–Kier alpha value is -6.84. The molecule has 0 saturated heterocycles. The molecule has 0 radical (unpaired) electrons. The molecule has 0 fully saturated rings. The summed E-state index contributed by atoms with van der Waals surface area (Å²) in [6, 6.07) is 65.5. The van der Waals surface area contributed by atoms with E-state index in [1.165, 1.54) is 60.3 Å². The monoisotopic (exact) mass is 650 g/mol.